The minimum Gasteiger partial charge on any atom is -0.493 e. The third-order valence-electron chi connectivity index (χ3n) is 6.09. The third-order valence-corrected chi connectivity index (χ3v) is 6.09. The van der Waals surface area contributed by atoms with E-state index in [4.69, 9.17) is 9.84 Å². The molecule has 0 amide bonds. The van der Waals surface area contributed by atoms with Crippen molar-refractivity contribution in [1.82, 2.24) is 10.3 Å². The molecule has 1 saturated heterocycles. The number of benzene rings is 2. The van der Waals surface area contributed by atoms with Crippen LogP contribution < -0.4 is 15.0 Å². The Morgan fingerprint density at radius 1 is 1.00 bits per heavy atom. The van der Waals surface area contributed by atoms with Crippen molar-refractivity contribution in [2.45, 2.75) is 59.9 Å². The van der Waals surface area contributed by atoms with Gasteiger partial charge in [0.2, 0.25) is 0 Å². The Balaban J connectivity index is 0.000000477. The fourth-order valence-corrected chi connectivity index (χ4v) is 4.04. The first kappa shape index (κ1) is 34.3. The standard InChI is InChI=1S/C20H25N3O3.C9H10O.2C2H6/c1-21-12-16-5-6-19(22-13-16)23-9-7-15(8-10-23)14-26-18-4-2-3-17(11-18)20(24)25;10-8-4-7-9-5-2-1-3-6-9;2*1-2/h2-6,11,13,15,21H,7-10,12,14H2,1H3,(H,24,25);1-3,5-6,8H,4,7H2;2*1-2H3. The van der Waals surface area contributed by atoms with Crippen LogP contribution in [0.25, 0.3) is 0 Å². The van der Waals surface area contributed by atoms with Gasteiger partial charge in [0, 0.05) is 32.3 Å². The minimum absolute atomic E-state index is 0.255. The number of carboxylic acid groups (broad SMARTS) is 1. The van der Waals surface area contributed by atoms with Crippen molar-refractivity contribution in [2.75, 3.05) is 31.6 Å². The molecule has 0 saturated carbocycles. The van der Waals surface area contributed by atoms with Gasteiger partial charge < -0.3 is 24.9 Å². The maximum atomic E-state index is 11.0. The van der Waals surface area contributed by atoms with E-state index in [-0.39, 0.29) is 5.56 Å². The highest BCUT2D eigenvalue weighted by Gasteiger charge is 2.21. The highest BCUT2D eigenvalue weighted by atomic mass is 16.5. The Bertz CT molecular complexity index is 1070. The minimum atomic E-state index is -0.933. The van der Waals surface area contributed by atoms with Gasteiger partial charge in [-0.15, -0.1) is 0 Å². The number of aromatic carboxylic acids is 1. The molecular formula is C33H47N3O4. The molecule has 2 aromatic carbocycles. The summed E-state index contributed by atoms with van der Waals surface area (Å²) in [6.07, 6.45) is 6.45. The second-order valence-corrected chi connectivity index (χ2v) is 8.82. The Hall–Kier alpha value is -3.71. The predicted molar refractivity (Wildman–Crippen MR) is 164 cm³/mol. The first-order valence-corrected chi connectivity index (χ1v) is 14.4. The van der Waals surface area contributed by atoms with E-state index in [0.717, 1.165) is 51.0 Å². The molecule has 40 heavy (non-hydrogen) atoms. The Morgan fingerprint density at radius 2 is 1.70 bits per heavy atom. The van der Waals surface area contributed by atoms with Crippen LogP contribution in [0.5, 0.6) is 5.75 Å². The second kappa shape index (κ2) is 21.2. The van der Waals surface area contributed by atoms with Gasteiger partial charge in [-0.3, -0.25) is 0 Å². The molecule has 4 rings (SSSR count). The number of aryl methyl sites for hydroxylation is 1. The van der Waals surface area contributed by atoms with Crippen LogP contribution in [-0.4, -0.2) is 49.1 Å². The molecule has 0 aliphatic carbocycles. The fraction of sp³-hybridized carbons (Fsp3) is 0.424. The summed E-state index contributed by atoms with van der Waals surface area (Å²) < 4.78 is 5.82. The smallest absolute Gasteiger partial charge is 0.335 e. The summed E-state index contributed by atoms with van der Waals surface area (Å²) in [5.74, 6) is 1.19. The number of anilines is 1. The molecule has 0 atom stereocenters. The number of hydrogen-bond acceptors (Lipinski definition) is 6. The Morgan fingerprint density at radius 3 is 2.27 bits per heavy atom. The van der Waals surface area contributed by atoms with Gasteiger partial charge in [-0.2, -0.15) is 0 Å². The van der Waals surface area contributed by atoms with Gasteiger partial charge in [-0.25, -0.2) is 9.78 Å². The lowest BCUT2D eigenvalue weighted by Gasteiger charge is -2.32. The summed E-state index contributed by atoms with van der Waals surface area (Å²) >= 11 is 0. The molecule has 0 bridgehead atoms. The normalized spacial score (nSPS) is 12.4. The first-order chi connectivity index (χ1) is 19.6. The van der Waals surface area contributed by atoms with E-state index in [1.54, 1.807) is 24.3 Å². The van der Waals surface area contributed by atoms with Crippen LogP contribution >= 0.6 is 0 Å². The predicted octanol–water partition coefficient (Wildman–Crippen LogP) is 6.67. The van der Waals surface area contributed by atoms with Gasteiger partial charge in [0.05, 0.1) is 12.2 Å². The van der Waals surface area contributed by atoms with E-state index >= 15 is 0 Å². The van der Waals surface area contributed by atoms with Crippen molar-refractivity contribution in [2.24, 2.45) is 5.92 Å². The summed E-state index contributed by atoms with van der Waals surface area (Å²) in [4.78, 5) is 27.9. The summed E-state index contributed by atoms with van der Waals surface area (Å²) in [6, 6.07) is 20.9. The average molecular weight is 550 g/mol. The zero-order valence-electron chi connectivity index (χ0n) is 24.8. The van der Waals surface area contributed by atoms with Crippen LogP contribution in [0.3, 0.4) is 0 Å². The van der Waals surface area contributed by atoms with Crippen molar-refractivity contribution in [3.8, 4) is 5.75 Å². The Labute approximate surface area is 240 Å². The number of aldehydes is 1. The molecule has 218 valence electrons. The monoisotopic (exact) mass is 549 g/mol. The molecule has 0 spiro atoms. The van der Waals surface area contributed by atoms with Crippen molar-refractivity contribution in [3.05, 3.63) is 89.6 Å². The van der Waals surface area contributed by atoms with Crippen LogP contribution in [0, 0.1) is 5.92 Å². The fourth-order valence-electron chi connectivity index (χ4n) is 4.04. The lowest BCUT2D eigenvalue weighted by molar-refractivity contribution is -0.107. The lowest BCUT2D eigenvalue weighted by atomic mass is 9.98. The molecule has 3 aromatic rings. The van der Waals surface area contributed by atoms with Crippen LogP contribution in [-0.2, 0) is 17.8 Å². The number of aromatic nitrogens is 1. The van der Waals surface area contributed by atoms with E-state index in [0.29, 0.717) is 24.7 Å². The van der Waals surface area contributed by atoms with E-state index in [2.05, 4.69) is 27.3 Å². The summed E-state index contributed by atoms with van der Waals surface area (Å²) in [6.45, 7) is 11.4. The van der Waals surface area contributed by atoms with Crippen LogP contribution in [0.15, 0.2) is 72.9 Å². The summed E-state index contributed by atoms with van der Waals surface area (Å²) in [5.41, 5.74) is 2.67. The largest absolute Gasteiger partial charge is 0.493 e. The summed E-state index contributed by atoms with van der Waals surface area (Å²) in [7, 11) is 1.93. The summed E-state index contributed by atoms with van der Waals surface area (Å²) in [5, 5.41) is 12.2. The number of carbonyl (C=O) groups excluding carboxylic acids is 1. The number of nitrogens with one attached hydrogen (secondary N) is 1. The molecule has 7 nitrogen and oxygen atoms in total. The average Bonchev–Trinajstić information content (AvgIpc) is 3.03. The number of carboxylic acids is 1. The molecular weight excluding hydrogens is 502 g/mol. The van der Waals surface area contributed by atoms with Crippen molar-refractivity contribution in [3.63, 3.8) is 0 Å². The van der Waals surface area contributed by atoms with E-state index in [1.807, 2.05) is 71.3 Å². The lowest BCUT2D eigenvalue weighted by Crippen LogP contribution is -2.36. The maximum Gasteiger partial charge on any atom is 0.335 e. The van der Waals surface area contributed by atoms with E-state index < -0.39 is 5.97 Å². The van der Waals surface area contributed by atoms with Crippen LogP contribution in [0.4, 0.5) is 5.82 Å². The molecule has 2 N–H and O–H groups in total. The topological polar surface area (TPSA) is 91.8 Å². The number of nitrogens with zero attached hydrogens (tertiary/aromatic N) is 2. The zero-order chi connectivity index (χ0) is 29.6. The first-order valence-electron chi connectivity index (χ1n) is 14.4. The van der Waals surface area contributed by atoms with Crippen molar-refractivity contribution in [1.29, 1.82) is 0 Å². The van der Waals surface area contributed by atoms with Crippen molar-refractivity contribution < 1.29 is 19.4 Å². The zero-order valence-corrected chi connectivity index (χ0v) is 24.8. The third kappa shape index (κ3) is 12.9. The van der Waals surface area contributed by atoms with Gasteiger partial charge >= 0.3 is 5.97 Å². The number of ether oxygens (including phenoxy) is 1. The highest BCUT2D eigenvalue weighted by Crippen LogP contribution is 2.23. The van der Waals surface area contributed by atoms with Crippen LogP contribution in [0.1, 0.15) is 68.4 Å². The Kier molecular flexibility index (Phi) is 18.1. The number of pyridine rings is 1. The van der Waals surface area contributed by atoms with Gasteiger partial charge in [-0.05, 0) is 67.6 Å². The van der Waals surface area contributed by atoms with Crippen LogP contribution in [0.2, 0.25) is 0 Å². The molecule has 1 aromatic heterocycles. The number of piperidine rings is 1. The SMILES string of the molecule is CC.CC.CNCc1ccc(N2CCC(COc3cccc(C(=O)O)c3)CC2)nc1.O=CCCc1ccccc1. The van der Waals surface area contributed by atoms with E-state index in [9.17, 15) is 9.59 Å². The molecule has 1 aliphatic heterocycles. The molecule has 0 radical (unpaired) electrons. The van der Waals surface area contributed by atoms with E-state index in [1.165, 1.54) is 11.1 Å². The highest BCUT2D eigenvalue weighted by molar-refractivity contribution is 5.88. The molecule has 1 fully saturated rings. The van der Waals surface area contributed by atoms with Gasteiger partial charge in [0.1, 0.15) is 17.9 Å². The maximum absolute atomic E-state index is 11.0. The van der Waals surface area contributed by atoms with Gasteiger partial charge in [0.25, 0.3) is 0 Å². The van der Waals surface area contributed by atoms with Crippen molar-refractivity contribution >= 4 is 18.1 Å². The van der Waals surface area contributed by atoms with Gasteiger partial charge in [-0.1, -0.05) is 70.2 Å². The van der Waals surface area contributed by atoms with Gasteiger partial charge in [0.15, 0.2) is 0 Å². The molecule has 7 heteroatoms. The second-order valence-electron chi connectivity index (χ2n) is 8.82. The number of carbonyl (C=O) groups is 2. The molecule has 0 unspecified atom stereocenters. The number of hydrogen-bond donors (Lipinski definition) is 2. The molecule has 1 aliphatic rings. The quantitative estimate of drug-likeness (QED) is 0.273. The number of rotatable bonds is 10. The molecule has 2 heterocycles.